The van der Waals surface area contributed by atoms with Gasteiger partial charge in [-0.15, -0.1) is 0 Å². The van der Waals surface area contributed by atoms with Crippen molar-refractivity contribution in [2.75, 3.05) is 0 Å². The molecule has 7 heteroatoms. The number of carbonyl (C=O) groups is 1. The molecule has 0 fully saturated rings. The summed E-state index contributed by atoms with van der Waals surface area (Å²) in [4.78, 5) is 12.1. The number of hydrazone groups is 1. The maximum Gasteiger partial charge on any atom is 0.271 e. The van der Waals surface area contributed by atoms with E-state index in [0.717, 1.165) is 22.6 Å². The second-order valence-electron chi connectivity index (χ2n) is 5.97. The molecule has 1 heterocycles. The van der Waals surface area contributed by atoms with Gasteiger partial charge in [-0.1, -0.05) is 40.9 Å². The fraction of sp³-hybridized carbons (Fsp3) is 0.100. The topological polar surface area (TPSA) is 46.4 Å². The Balaban J connectivity index is 1.81. The first-order valence-electron chi connectivity index (χ1n) is 8.10. The lowest BCUT2D eigenvalue weighted by molar-refractivity contribution is 0.0955. The van der Waals surface area contributed by atoms with Gasteiger partial charge in [-0.3, -0.25) is 4.79 Å². The van der Waals surface area contributed by atoms with Gasteiger partial charge in [-0.25, -0.2) is 5.43 Å². The van der Waals surface area contributed by atoms with E-state index in [1.54, 1.807) is 36.5 Å². The minimum atomic E-state index is -0.327. The molecular formula is C20H16Cl3N3O. The molecule has 138 valence electrons. The number of halogens is 3. The lowest BCUT2D eigenvalue weighted by Gasteiger charge is -2.10. The summed E-state index contributed by atoms with van der Waals surface area (Å²) < 4.78 is 2.04. The molecule has 3 rings (SSSR count). The monoisotopic (exact) mass is 419 g/mol. The SMILES string of the molecule is Cc1cc(/C=N\NC(=O)c2cccc(Cl)c2)c(C)n1-c1ccc(Cl)c(Cl)c1. The van der Waals surface area contributed by atoms with E-state index in [1.807, 2.05) is 36.6 Å². The first-order valence-corrected chi connectivity index (χ1v) is 9.23. The predicted octanol–water partition coefficient (Wildman–Crippen LogP) is 5.82. The van der Waals surface area contributed by atoms with Crippen LogP contribution in [0.3, 0.4) is 0 Å². The summed E-state index contributed by atoms with van der Waals surface area (Å²) in [5, 5.41) is 5.56. The number of hydrogen-bond donors (Lipinski definition) is 1. The Labute approximate surface area is 172 Å². The summed E-state index contributed by atoms with van der Waals surface area (Å²) in [6.45, 7) is 3.95. The molecule has 3 aromatic rings. The van der Waals surface area contributed by atoms with Crippen molar-refractivity contribution < 1.29 is 4.79 Å². The molecule has 0 spiro atoms. The van der Waals surface area contributed by atoms with E-state index in [2.05, 4.69) is 10.5 Å². The van der Waals surface area contributed by atoms with Crippen LogP contribution < -0.4 is 5.43 Å². The maximum atomic E-state index is 12.1. The summed E-state index contributed by atoms with van der Waals surface area (Å²) in [6.07, 6.45) is 1.61. The molecule has 1 N–H and O–H groups in total. The first-order chi connectivity index (χ1) is 12.9. The van der Waals surface area contributed by atoms with Crippen molar-refractivity contribution in [2.24, 2.45) is 5.10 Å². The van der Waals surface area contributed by atoms with Crippen molar-refractivity contribution in [3.8, 4) is 5.69 Å². The van der Waals surface area contributed by atoms with Crippen molar-refractivity contribution in [3.05, 3.63) is 86.1 Å². The van der Waals surface area contributed by atoms with E-state index < -0.39 is 0 Å². The van der Waals surface area contributed by atoms with Crippen LogP contribution >= 0.6 is 34.8 Å². The highest BCUT2D eigenvalue weighted by Gasteiger charge is 2.11. The smallest absolute Gasteiger partial charge is 0.271 e. The van der Waals surface area contributed by atoms with Crippen molar-refractivity contribution in [1.82, 2.24) is 9.99 Å². The Hall–Kier alpha value is -2.27. The number of carbonyl (C=O) groups excluding carboxylic acids is 1. The highest BCUT2D eigenvalue weighted by molar-refractivity contribution is 6.42. The zero-order valence-electron chi connectivity index (χ0n) is 14.6. The zero-order chi connectivity index (χ0) is 19.6. The highest BCUT2D eigenvalue weighted by Crippen LogP contribution is 2.27. The molecule has 0 aliphatic carbocycles. The van der Waals surface area contributed by atoms with Crippen LogP contribution in [0, 0.1) is 13.8 Å². The summed E-state index contributed by atoms with van der Waals surface area (Å²) in [5.41, 5.74) is 6.71. The number of amides is 1. The van der Waals surface area contributed by atoms with Gasteiger partial charge in [0.2, 0.25) is 0 Å². The molecule has 0 unspecified atom stereocenters. The maximum absolute atomic E-state index is 12.1. The van der Waals surface area contributed by atoms with E-state index in [-0.39, 0.29) is 5.91 Å². The molecule has 0 aliphatic heterocycles. The van der Waals surface area contributed by atoms with Crippen molar-refractivity contribution in [1.29, 1.82) is 0 Å². The van der Waals surface area contributed by atoms with Gasteiger partial charge in [0, 0.05) is 33.2 Å². The minimum absolute atomic E-state index is 0.327. The quantitative estimate of drug-likeness (QED) is 0.419. The van der Waals surface area contributed by atoms with Gasteiger partial charge in [0.15, 0.2) is 0 Å². The number of aryl methyl sites for hydroxylation is 1. The van der Waals surface area contributed by atoms with Gasteiger partial charge in [0.05, 0.1) is 16.3 Å². The third kappa shape index (κ3) is 4.35. The number of aromatic nitrogens is 1. The van der Waals surface area contributed by atoms with Gasteiger partial charge >= 0.3 is 0 Å². The van der Waals surface area contributed by atoms with Gasteiger partial charge in [-0.05, 0) is 56.3 Å². The summed E-state index contributed by atoms with van der Waals surface area (Å²) in [5.74, 6) is -0.327. The number of hydrogen-bond acceptors (Lipinski definition) is 2. The molecule has 1 amide bonds. The van der Waals surface area contributed by atoms with Crippen LogP contribution in [0.5, 0.6) is 0 Å². The second-order valence-corrected chi connectivity index (χ2v) is 7.22. The number of nitrogens with zero attached hydrogens (tertiary/aromatic N) is 2. The summed E-state index contributed by atoms with van der Waals surface area (Å²) >= 11 is 18.0. The molecule has 27 heavy (non-hydrogen) atoms. The Morgan fingerprint density at radius 3 is 2.52 bits per heavy atom. The van der Waals surface area contributed by atoms with E-state index >= 15 is 0 Å². The zero-order valence-corrected chi connectivity index (χ0v) is 16.9. The molecule has 2 aromatic carbocycles. The molecule has 0 saturated carbocycles. The van der Waals surface area contributed by atoms with Crippen LogP contribution in [0.2, 0.25) is 15.1 Å². The van der Waals surface area contributed by atoms with Gasteiger partial charge in [0.25, 0.3) is 5.91 Å². The van der Waals surface area contributed by atoms with Crippen molar-refractivity contribution in [2.45, 2.75) is 13.8 Å². The van der Waals surface area contributed by atoms with Crippen LogP contribution in [0.25, 0.3) is 5.69 Å². The molecule has 0 saturated heterocycles. The fourth-order valence-electron chi connectivity index (χ4n) is 2.79. The van der Waals surface area contributed by atoms with E-state index in [0.29, 0.717) is 20.6 Å². The minimum Gasteiger partial charge on any atom is -0.318 e. The summed E-state index contributed by atoms with van der Waals surface area (Å²) in [6, 6.07) is 14.1. The van der Waals surface area contributed by atoms with Crippen molar-refractivity contribution >= 4 is 46.9 Å². The molecular weight excluding hydrogens is 405 g/mol. The van der Waals surface area contributed by atoms with Gasteiger partial charge < -0.3 is 4.57 Å². The van der Waals surface area contributed by atoms with E-state index in [1.165, 1.54) is 0 Å². The summed E-state index contributed by atoms with van der Waals surface area (Å²) in [7, 11) is 0. The Kier molecular flexibility index (Phi) is 5.90. The second kappa shape index (κ2) is 8.17. The molecule has 4 nitrogen and oxygen atoms in total. The predicted molar refractivity (Wildman–Crippen MR) is 112 cm³/mol. The molecule has 0 atom stereocenters. The first kappa shape index (κ1) is 19.5. The third-order valence-electron chi connectivity index (χ3n) is 4.09. The van der Waals surface area contributed by atoms with Crippen LogP contribution in [0.4, 0.5) is 0 Å². The number of nitrogens with one attached hydrogen (secondary N) is 1. The standard InChI is InChI=1S/C20H16Cl3N3O/c1-12-8-15(11-24-25-20(27)14-4-3-5-16(21)9-14)13(2)26(12)17-6-7-18(22)19(23)10-17/h3-11H,1-2H3,(H,25,27)/b24-11-. The molecule has 0 bridgehead atoms. The van der Waals surface area contributed by atoms with Crippen LogP contribution in [0.1, 0.15) is 27.3 Å². The average Bonchev–Trinajstić information content (AvgIpc) is 2.91. The lowest BCUT2D eigenvalue weighted by atomic mass is 10.2. The fourth-order valence-corrected chi connectivity index (χ4v) is 3.28. The van der Waals surface area contributed by atoms with Crippen LogP contribution in [-0.2, 0) is 0 Å². The normalized spacial score (nSPS) is 11.1. The van der Waals surface area contributed by atoms with Gasteiger partial charge in [-0.2, -0.15) is 5.10 Å². The van der Waals surface area contributed by atoms with Crippen LogP contribution in [-0.4, -0.2) is 16.7 Å². The molecule has 1 aromatic heterocycles. The third-order valence-corrected chi connectivity index (χ3v) is 5.06. The Morgan fingerprint density at radius 1 is 1.04 bits per heavy atom. The highest BCUT2D eigenvalue weighted by atomic mass is 35.5. The average molecular weight is 421 g/mol. The molecule has 0 aliphatic rings. The largest absolute Gasteiger partial charge is 0.318 e. The van der Waals surface area contributed by atoms with Crippen LogP contribution in [0.15, 0.2) is 53.6 Å². The number of rotatable bonds is 4. The lowest BCUT2D eigenvalue weighted by Crippen LogP contribution is -2.17. The molecule has 0 radical (unpaired) electrons. The van der Waals surface area contributed by atoms with E-state index in [4.69, 9.17) is 34.8 Å². The Morgan fingerprint density at radius 2 is 1.81 bits per heavy atom. The van der Waals surface area contributed by atoms with Crippen molar-refractivity contribution in [3.63, 3.8) is 0 Å². The van der Waals surface area contributed by atoms with E-state index in [9.17, 15) is 4.79 Å². The van der Waals surface area contributed by atoms with Gasteiger partial charge in [0.1, 0.15) is 0 Å². The number of benzene rings is 2. The Bertz CT molecular complexity index is 1040.